The van der Waals surface area contributed by atoms with Crippen molar-refractivity contribution in [2.75, 3.05) is 0 Å². The Hall–Kier alpha value is -2.98. The molecule has 4 rings (SSSR count). The Morgan fingerprint density at radius 2 is 1.21 bits per heavy atom. The van der Waals surface area contributed by atoms with Gasteiger partial charge in [0, 0.05) is 12.1 Å². The fourth-order valence-electron chi connectivity index (χ4n) is 5.60. The van der Waals surface area contributed by atoms with Gasteiger partial charge in [-0.3, -0.25) is 0 Å². The zero-order valence-corrected chi connectivity index (χ0v) is 21.2. The lowest BCUT2D eigenvalue weighted by atomic mass is 9.69. The largest absolute Gasteiger partial charge is 0.573 e. The summed E-state index contributed by atoms with van der Waals surface area (Å²) in [6, 6.07) is 4.48. The Morgan fingerprint density at radius 1 is 0.718 bits per heavy atom. The van der Waals surface area contributed by atoms with Gasteiger partial charge in [0.15, 0.2) is 0 Å². The molecule has 0 amide bonds. The molecule has 0 spiro atoms. The Kier molecular flexibility index (Phi) is 8.66. The first kappa shape index (κ1) is 29.0. The molecule has 0 saturated heterocycles. The SMILES string of the molecule is CC1CCC(C2CCC(C(F)(F)Oc3cc(F)c(C(=O)Oc4ccc(OC(F)(F)F)cc4)c(F)c3)CC2)CC1. The minimum Gasteiger partial charge on any atom is -0.432 e. The molecule has 0 radical (unpaired) electrons. The van der Waals surface area contributed by atoms with Gasteiger partial charge in [0.05, 0.1) is 5.92 Å². The normalized spacial score (nSPS) is 24.2. The van der Waals surface area contributed by atoms with Crippen LogP contribution in [0.1, 0.15) is 68.6 Å². The van der Waals surface area contributed by atoms with E-state index in [1.807, 2.05) is 0 Å². The summed E-state index contributed by atoms with van der Waals surface area (Å²) >= 11 is 0. The fourth-order valence-corrected chi connectivity index (χ4v) is 5.60. The second-order valence-electron chi connectivity index (χ2n) is 10.5. The molecule has 0 heterocycles. The Bertz CT molecular complexity index is 1110. The fraction of sp³-hybridized carbons (Fsp3) is 0.536. The van der Waals surface area contributed by atoms with E-state index >= 15 is 0 Å². The van der Waals surface area contributed by atoms with Gasteiger partial charge >= 0.3 is 18.4 Å². The van der Waals surface area contributed by atoms with Crippen LogP contribution >= 0.6 is 0 Å². The van der Waals surface area contributed by atoms with Crippen molar-refractivity contribution in [2.45, 2.75) is 70.8 Å². The van der Waals surface area contributed by atoms with E-state index in [1.165, 1.54) is 0 Å². The highest BCUT2D eigenvalue weighted by Gasteiger charge is 2.45. The van der Waals surface area contributed by atoms with Crippen LogP contribution in [0.4, 0.5) is 30.7 Å². The highest BCUT2D eigenvalue weighted by atomic mass is 19.4. The smallest absolute Gasteiger partial charge is 0.432 e. The average molecular weight is 563 g/mol. The van der Waals surface area contributed by atoms with Crippen molar-refractivity contribution >= 4 is 5.97 Å². The van der Waals surface area contributed by atoms with Crippen LogP contribution in [0.2, 0.25) is 0 Å². The van der Waals surface area contributed by atoms with Crippen molar-refractivity contribution in [1.29, 1.82) is 0 Å². The second-order valence-corrected chi connectivity index (χ2v) is 10.5. The number of benzene rings is 2. The molecule has 0 aromatic heterocycles. The van der Waals surface area contributed by atoms with Gasteiger partial charge in [0.25, 0.3) is 0 Å². The topological polar surface area (TPSA) is 44.8 Å². The molecule has 2 saturated carbocycles. The Morgan fingerprint density at radius 3 is 1.72 bits per heavy atom. The van der Waals surface area contributed by atoms with Crippen LogP contribution < -0.4 is 14.2 Å². The lowest BCUT2D eigenvalue weighted by Gasteiger charge is -2.38. The molecule has 2 aromatic carbocycles. The molecule has 0 unspecified atom stereocenters. The van der Waals surface area contributed by atoms with Gasteiger partial charge in [-0.1, -0.05) is 19.8 Å². The number of hydrogen-bond acceptors (Lipinski definition) is 4. The highest BCUT2D eigenvalue weighted by Crippen LogP contribution is 2.45. The van der Waals surface area contributed by atoms with E-state index in [9.17, 15) is 35.5 Å². The molecular weight excluding hydrogens is 533 g/mol. The molecule has 0 atom stereocenters. The predicted molar refractivity (Wildman–Crippen MR) is 127 cm³/mol. The molecule has 4 nitrogen and oxygen atoms in total. The van der Waals surface area contributed by atoms with Crippen molar-refractivity contribution in [1.82, 2.24) is 0 Å². The number of alkyl halides is 5. The van der Waals surface area contributed by atoms with E-state index in [1.54, 1.807) is 0 Å². The van der Waals surface area contributed by atoms with Crippen LogP contribution in [-0.4, -0.2) is 18.4 Å². The monoisotopic (exact) mass is 562 g/mol. The molecule has 0 aliphatic heterocycles. The first-order chi connectivity index (χ1) is 18.3. The van der Waals surface area contributed by atoms with Crippen LogP contribution in [0, 0.1) is 35.3 Å². The van der Waals surface area contributed by atoms with Crippen molar-refractivity contribution < 1.29 is 49.7 Å². The molecule has 11 heteroatoms. The minimum absolute atomic E-state index is 0.242. The maximum Gasteiger partial charge on any atom is 0.573 e. The van der Waals surface area contributed by atoms with E-state index in [4.69, 9.17) is 9.47 Å². The summed E-state index contributed by atoms with van der Waals surface area (Å²) in [5, 5.41) is 0. The lowest BCUT2D eigenvalue weighted by Crippen LogP contribution is -2.38. The summed E-state index contributed by atoms with van der Waals surface area (Å²) in [5.41, 5.74) is -1.16. The van der Waals surface area contributed by atoms with Gasteiger partial charge in [-0.2, -0.15) is 8.78 Å². The standard InChI is InChI=1S/C28H29F7O4/c1-16-2-4-17(5-3-16)18-6-8-19(9-7-18)27(31,32)38-22-14-23(29)25(24(30)15-22)26(36)37-20-10-12-21(13-11-20)39-28(33,34)35/h10-19H,2-9H2,1H3. The summed E-state index contributed by atoms with van der Waals surface area (Å²) in [7, 11) is 0. The zero-order chi connectivity index (χ0) is 28.4. The van der Waals surface area contributed by atoms with Crippen LogP contribution in [-0.2, 0) is 0 Å². The van der Waals surface area contributed by atoms with Gasteiger partial charge in [-0.05, 0) is 80.5 Å². The van der Waals surface area contributed by atoms with Gasteiger partial charge in [0.2, 0.25) is 0 Å². The number of halogens is 7. The number of hydrogen-bond donors (Lipinski definition) is 0. The first-order valence-corrected chi connectivity index (χ1v) is 12.9. The zero-order valence-electron chi connectivity index (χ0n) is 21.2. The molecule has 2 aliphatic carbocycles. The summed E-state index contributed by atoms with van der Waals surface area (Å²) in [4.78, 5) is 12.3. The number of ether oxygens (including phenoxy) is 3. The minimum atomic E-state index is -4.93. The number of esters is 1. The van der Waals surface area contributed by atoms with Crippen LogP contribution in [0.3, 0.4) is 0 Å². The second kappa shape index (κ2) is 11.6. The Labute approximate surface area is 221 Å². The molecule has 39 heavy (non-hydrogen) atoms. The van der Waals surface area contributed by atoms with Crippen LogP contribution in [0.5, 0.6) is 17.2 Å². The van der Waals surface area contributed by atoms with Crippen LogP contribution in [0.25, 0.3) is 0 Å². The highest BCUT2D eigenvalue weighted by molar-refractivity contribution is 5.91. The summed E-state index contributed by atoms with van der Waals surface area (Å²) in [5.74, 6) is -5.62. The summed E-state index contributed by atoms with van der Waals surface area (Å²) < 4.78 is 109. The number of carbonyl (C=O) groups excluding carboxylic acids is 1. The van der Waals surface area contributed by atoms with Crippen molar-refractivity contribution in [3.8, 4) is 17.2 Å². The summed E-state index contributed by atoms with van der Waals surface area (Å²) in [6.07, 6.45) is -2.24. The molecule has 0 bridgehead atoms. The quantitative estimate of drug-likeness (QED) is 0.192. The molecule has 214 valence electrons. The van der Waals surface area contributed by atoms with Gasteiger partial charge < -0.3 is 14.2 Å². The molecule has 0 N–H and O–H groups in total. The van der Waals surface area contributed by atoms with Gasteiger partial charge in [-0.15, -0.1) is 13.2 Å². The van der Waals surface area contributed by atoms with Crippen LogP contribution in [0.15, 0.2) is 36.4 Å². The third kappa shape index (κ3) is 7.57. The third-order valence-corrected chi connectivity index (χ3v) is 7.72. The maximum atomic E-state index is 14.9. The third-order valence-electron chi connectivity index (χ3n) is 7.72. The van der Waals surface area contributed by atoms with E-state index < -0.39 is 53.1 Å². The van der Waals surface area contributed by atoms with Gasteiger partial charge in [0.1, 0.15) is 34.4 Å². The Balaban J connectivity index is 1.36. The molecule has 2 aliphatic rings. The number of rotatable bonds is 7. The molecule has 2 fully saturated rings. The lowest BCUT2D eigenvalue weighted by molar-refractivity contribution is -0.274. The van der Waals surface area contributed by atoms with Crippen molar-refractivity contribution in [2.24, 2.45) is 23.7 Å². The molecular formula is C28H29F7O4. The van der Waals surface area contributed by atoms with Gasteiger partial charge in [-0.25, -0.2) is 13.6 Å². The van der Waals surface area contributed by atoms with E-state index in [0.717, 1.165) is 49.9 Å². The van der Waals surface area contributed by atoms with Crippen molar-refractivity contribution in [3.05, 3.63) is 53.6 Å². The predicted octanol–water partition coefficient (Wildman–Crippen LogP) is 8.69. The van der Waals surface area contributed by atoms with E-state index in [2.05, 4.69) is 11.7 Å². The average Bonchev–Trinajstić information content (AvgIpc) is 2.84. The maximum absolute atomic E-state index is 14.9. The number of carbonyl (C=O) groups is 1. The molecule has 2 aromatic rings. The summed E-state index contributed by atoms with van der Waals surface area (Å²) in [6.45, 7) is 2.23. The van der Waals surface area contributed by atoms with E-state index in [-0.39, 0.29) is 18.6 Å². The van der Waals surface area contributed by atoms with E-state index in [0.29, 0.717) is 42.7 Å². The van der Waals surface area contributed by atoms with Crippen molar-refractivity contribution in [3.63, 3.8) is 0 Å². The first-order valence-electron chi connectivity index (χ1n) is 12.9.